The molecule has 0 spiro atoms. The van der Waals surface area contributed by atoms with Crippen molar-refractivity contribution in [2.45, 2.75) is 44.4 Å². The first-order valence-electron chi connectivity index (χ1n) is 13.7. The summed E-state index contributed by atoms with van der Waals surface area (Å²) in [6.45, 7) is 3.40. The number of carbonyl (C=O) groups is 5. The van der Waals surface area contributed by atoms with E-state index in [1.54, 1.807) is 18.2 Å². The van der Waals surface area contributed by atoms with E-state index in [-0.39, 0.29) is 34.7 Å². The maximum Gasteiger partial charge on any atom is 0.235 e. The number of Topliss-reactive ketones (excluding diaryl/α,β-unsaturated/α-hetero) is 4. The molecule has 5 rings (SSSR count). The van der Waals surface area contributed by atoms with Crippen LogP contribution in [-0.4, -0.2) is 88.4 Å². The highest BCUT2D eigenvalue weighted by atomic mass is 19.1. The first-order chi connectivity index (χ1) is 19.2. The summed E-state index contributed by atoms with van der Waals surface area (Å²) < 4.78 is 16.0. The number of nitrogens with two attached hydrogens (primary N) is 1. The molecule has 1 amide bonds. The first kappa shape index (κ1) is 29.0. The zero-order valence-electron chi connectivity index (χ0n) is 23.4. The SMILES string of the molecule is CCCN(C)Cc1ccc2c(F)c3c(c(O)c2c1)C(=O)C1C(=O)[C@]2(O)C(=O)C(C(N)=O)C(=O)[C@@H](N(C)C)[C@@H]2C[C@@H]1C3. The second-order valence-electron chi connectivity index (χ2n) is 11.9. The predicted octanol–water partition coefficient (Wildman–Crippen LogP) is 1.00. The van der Waals surface area contributed by atoms with Gasteiger partial charge in [0.15, 0.2) is 34.7 Å². The molecule has 0 radical (unpaired) electrons. The molecule has 2 aromatic rings. The number of nitrogens with zero attached hydrogens (tertiary/aromatic N) is 2. The van der Waals surface area contributed by atoms with Gasteiger partial charge in [0.2, 0.25) is 5.91 Å². The number of fused-ring (bicyclic) bond motifs is 4. The predicted molar refractivity (Wildman–Crippen MR) is 145 cm³/mol. The van der Waals surface area contributed by atoms with Crippen LogP contribution in [0.15, 0.2) is 18.2 Å². The fraction of sp³-hybridized carbons (Fsp3) is 0.500. The Hall–Kier alpha value is -3.54. The third-order valence-corrected chi connectivity index (χ3v) is 9.09. The van der Waals surface area contributed by atoms with Gasteiger partial charge < -0.3 is 20.8 Å². The third-order valence-electron chi connectivity index (χ3n) is 9.09. The molecule has 11 heteroatoms. The lowest BCUT2D eigenvalue weighted by molar-refractivity contribution is -0.181. The Morgan fingerprint density at radius 1 is 1.12 bits per heavy atom. The van der Waals surface area contributed by atoms with Crippen LogP contribution in [0.4, 0.5) is 4.39 Å². The van der Waals surface area contributed by atoms with Crippen LogP contribution < -0.4 is 5.73 Å². The Morgan fingerprint density at radius 3 is 2.41 bits per heavy atom. The number of primary amides is 1. The van der Waals surface area contributed by atoms with Crippen molar-refractivity contribution in [3.8, 4) is 5.75 Å². The highest BCUT2D eigenvalue weighted by molar-refractivity contribution is 6.32. The molecule has 218 valence electrons. The number of rotatable bonds is 6. The van der Waals surface area contributed by atoms with E-state index in [9.17, 15) is 34.2 Å². The van der Waals surface area contributed by atoms with Crippen LogP contribution in [0, 0.1) is 29.5 Å². The van der Waals surface area contributed by atoms with Crippen molar-refractivity contribution < 1.29 is 38.6 Å². The van der Waals surface area contributed by atoms with Crippen LogP contribution in [0.25, 0.3) is 10.8 Å². The van der Waals surface area contributed by atoms with Crippen molar-refractivity contribution >= 4 is 39.8 Å². The van der Waals surface area contributed by atoms with Gasteiger partial charge in [-0.25, -0.2) is 4.39 Å². The maximum atomic E-state index is 16.0. The van der Waals surface area contributed by atoms with Gasteiger partial charge >= 0.3 is 0 Å². The normalized spacial score (nSPS) is 29.6. The van der Waals surface area contributed by atoms with Crippen LogP contribution in [-0.2, 0) is 32.1 Å². The van der Waals surface area contributed by atoms with Crippen LogP contribution in [0.5, 0.6) is 5.75 Å². The molecule has 2 saturated carbocycles. The number of aromatic hydroxyl groups is 1. The first-order valence-corrected chi connectivity index (χ1v) is 13.7. The number of halogens is 1. The van der Waals surface area contributed by atoms with Crippen molar-refractivity contribution in [2.75, 3.05) is 27.7 Å². The van der Waals surface area contributed by atoms with Crippen LogP contribution in [0.3, 0.4) is 0 Å². The number of amides is 1. The molecule has 0 heterocycles. The highest BCUT2D eigenvalue weighted by Crippen LogP contribution is 2.52. The summed E-state index contributed by atoms with van der Waals surface area (Å²) in [6.07, 6.45) is 0.675. The number of hydrogen-bond donors (Lipinski definition) is 3. The van der Waals surface area contributed by atoms with Gasteiger partial charge in [0.05, 0.1) is 17.5 Å². The minimum atomic E-state index is -2.82. The zero-order valence-corrected chi connectivity index (χ0v) is 23.4. The van der Waals surface area contributed by atoms with Crippen molar-refractivity contribution in [3.05, 3.63) is 40.7 Å². The fourth-order valence-corrected chi connectivity index (χ4v) is 7.34. The third kappa shape index (κ3) is 4.12. The van der Waals surface area contributed by atoms with E-state index in [2.05, 4.69) is 4.90 Å². The average molecular weight is 568 g/mol. The number of ketones is 4. The number of phenols is 1. The largest absolute Gasteiger partial charge is 0.507 e. The highest BCUT2D eigenvalue weighted by Gasteiger charge is 2.69. The molecule has 2 fully saturated rings. The lowest BCUT2D eigenvalue weighted by atomic mass is 9.52. The lowest BCUT2D eigenvalue weighted by Crippen LogP contribution is -2.74. The Kier molecular flexibility index (Phi) is 7.12. The lowest BCUT2D eigenvalue weighted by Gasteiger charge is -2.52. The molecule has 2 unspecified atom stereocenters. The topological polar surface area (TPSA) is 158 Å². The molecule has 2 aromatic carbocycles. The molecule has 6 atom stereocenters. The summed E-state index contributed by atoms with van der Waals surface area (Å²) in [4.78, 5) is 69.9. The second kappa shape index (κ2) is 10.1. The van der Waals surface area contributed by atoms with Crippen LogP contribution in [0.2, 0.25) is 0 Å². The van der Waals surface area contributed by atoms with Gasteiger partial charge in [0, 0.05) is 28.8 Å². The van der Waals surface area contributed by atoms with Crippen molar-refractivity contribution in [1.82, 2.24) is 9.80 Å². The smallest absolute Gasteiger partial charge is 0.235 e. The molecule has 3 aliphatic rings. The maximum absolute atomic E-state index is 16.0. The molecule has 4 N–H and O–H groups in total. The number of carbonyl (C=O) groups excluding carboxylic acids is 5. The van der Waals surface area contributed by atoms with E-state index in [1.807, 2.05) is 14.0 Å². The number of benzene rings is 2. The minimum Gasteiger partial charge on any atom is -0.507 e. The minimum absolute atomic E-state index is 0.0415. The van der Waals surface area contributed by atoms with E-state index in [4.69, 9.17) is 5.73 Å². The van der Waals surface area contributed by atoms with Crippen molar-refractivity contribution in [1.29, 1.82) is 0 Å². The summed E-state index contributed by atoms with van der Waals surface area (Å²) in [5.41, 5.74) is 2.92. The molecule has 0 saturated heterocycles. The standard InChI is InChI=1S/C30H34FN3O7/c1-5-8-34(4)12-13-6-7-15-16(9-13)24(35)20-17(22(15)31)10-14-11-18-23(33(2)3)26(37)21(29(32)40)28(39)30(18,41)27(38)19(14)25(20)36/h6-7,9,14,18-19,21,23,35,41H,5,8,10-12H2,1-4H3,(H2,32,40)/t14-,18-,19?,21?,23-,30-/m0/s1. The molecule has 0 aliphatic heterocycles. The summed E-state index contributed by atoms with van der Waals surface area (Å²) in [5, 5.41) is 23.2. The molecule has 0 bridgehead atoms. The molecular formula is C30H34FN3O7. The quantitative estimate of drug-likeness (QED) is 0.433. The average Bonchev–Trinajstić information content (AvgIpc) is 2.89. The second-order valence-corrected chi connectivity index (χ2v) is 11.9. The number of aliphatic hydroxyl groups is 1. The van der Waals surface area contributed by atoms with Gasteiger partial charge in [-0.3, -0.25) is 28.9 Å². The fourth-order valence-electron chi connectivity index (χ4n) is 7.34. The summed E-state index contributed by atoms with van der Waals surface area (Å²) >= 11 is 0. The van der Waals surface area contributed by atoms with Gasteiger partial charge in [0.1, 0.15) is 11.6 Å². The van der Waals surface area contributed by atoms with Crippen molar-refractivity contribution in [3.63, 3.8) is 0 Å². The van der Waals surface area contributed by atoms with E-state index >= 15 is 4.39 Å². The van der Waals surface area contributed by atoms with Gasteiger partial charge in [-0.1, -0.05) is 19.1 Å². The van der Waals surface area contributed by atoms with Crippen LogP contribution in [0.1, 0.15) is 41.3 Å². The van der Waals surface area contributed by atoms with E-state index in [0.717, 1.165) is 18.5 Å². The van der Waals surface area contributed by atoms with Crippen LogP contribution >= 0.6 is 0 Å². The van der Waals surface area contributed by atoms with E-state index < -0.39 is 75.9 Å². The molecule has 41 heavy (non-hydrogen) atoms. The number of hydrogen-bond acceptors (Lipinski definition) is 9. The van der Waals surface area contributed by atoms with E-state index in [0.29, 0.717) is 6.54 Å². The Morgan fingerprint density at radius 2 is 1.80 bits per heavy atom. The Bertz CT molecular complexity index is 1520. The summed E-state index contributed by atoms with van der Waals surface area (Å²) in [7, 11) is 4.95. The molecule has 3 aliphatic carbocycles. The Labute approximate surface area is 236 Å². The molecule has 0 aromatic heterocycles. The molecular weight excluding hydrogens is 533 g/mol. The number of likely N-dealkylation sites (N-methyl/N-ethyl adjacent to an activating group) is 1. The zero-order chi connectivity index (χ0) is 30.1. The van der Waals surface area contributed by atoms with Gasteiger partial charge in [-0.2, -0.15) is 0 Å². The Balaban J connectivity index is 1.63. The number of phenolic OH excluding ortho intramolecular Hbond substituents is 1. The van der Waals surface area contributed by atoms with Gasteiger partial charge in [-0.15, -0.1) is 0 Å². The van der Waals surface area contributed by atoms with Gasteiger partial charge in [0.25, 0.3) is 0 Å². The van der Waals surface area contributed by atoms with Gasteiger partial charge in [-0.05, 0) is 64.5 Å². The van der Waals surface area contributed by atoms with Crippen molar-refractivity contribution in [2.24, 2.45) is 29.4 Å². The summed E-state index contributed by atoms with van der Waals surface area (Å²) in [6, 6.07) is 3.72. The molecule has 10 nitrogen and oxygen atoms in total. The van der Waals surface area contributed by atoms with E-state index in [1.165, 1.54) is 19.0 Å². The monoisotopic (exact) mass is 567 g/mol. The summed E-state index contributed by atoms with van der Waals surface area (Å²) in [5.74, 6) is -12.4.